The van der Waals surface area contributed by atoms with E-state index in [-0.39, 0.29) is 0 Å². The Morgan fingerprint density at radius 1 is 1.09 bits per heavy atom. The van der Waals surface area contributed by atoms with Crippen LogP contribution in [0.3, 0.4) is 0 Å². The minimum absolute atomic E-state index is 0.438. The standard InChI is InChI=1S/C27H29N7O/c1-18(2)15-34-16-22(13-30-34)25-14-29-27(32-23-5-3-4-19(10-23)17-35)33-26(25)31-24-7-6-20-8-9-28-12-21(20)11-24/h3-7,10-11,13-14,16-18,28H,8-9,12,15H2,1-2H3,(H2,29,31,32,33). The van der Waals surface area contributed by atoms with Gasteiger partial charge in [0.05, 0.1) is 6.20 Å². The highest BCUT2D eigenvalue weighted by Gasteiger charge is 2.15. The maximum Gasteiger partial charge on any atom is 0.229 e. The lowest BCUT2D eigenvalue weighted by atomic mass is 10.0. The molecule has 0 fully saturated rings. The van der Waals surface area contributed by atoms with Gasteiger partial charge < -0.3 is 16.0 Å². The molecule has 0 saturated heterocycles. The number of hydrogen-bond acceptors (Lipinski definition) is 7. The fourth-order valence-corrected chi connectivity index (χ4v) is 4.24. The van der Waals surface area contributed by atoms with Crippen molar-refractivity contribution in [1.82, 2.24) is 25.1 Å². The normalized spacial score (nSPS) is 12.9. The third-order valence-electron chi connectivity index (χ3n) is 5.92. The Hall–Kier alpha value is -4.04. The third kappa shape index (κ3) is 5.38. The van der Waals surface area contributed by atoms with Crippen LogP contribution in [0.15, 0.2) is 61.1 Å². The second-order valence-corrected chi connectivity index (χ2v) is 9.20. The molecule has 0 saturated carbocycles. The van der Waals surface area contributed by atoms with Gasteiger partial charge in [0.2, 0.25) is 5.95 Å². The smallest absolute Gasteiger partial charge is 0.229 e. The van der Waals surface area contributed by atoms with Gasteiger partial charge in [-0.2, -0.15) is 10.1 Å². The Bertz CT molecular complexity index is 1350. The summed E-state index contributed by atoms with van der Waals surface area (Å²) < 4.78 is 1.95. The van der Waals surface area contributed by atoms with Crippen molar-refractivity contribution in [2.45, 2.75) is 33.4 Å². The minimum Gasteiger partial charge on any atom is -0.340 e. The molecule has 0 unspecified atom stereocenters. The number of aldehydes is 1. The van der Waals surface area contributed by atoms with Crippen LogP contribution in [0.25, 0.3) is 11.1 Å². The van der Waals surface area contributed by atoms with Crippen molar-refractivity contribution in [2.75, 3.05) is 17.2 Å². The number of fused-ring (bicyclic) bond motifs is 1. The second kappa shape index (κ2) is 10.1. The first-order valence-corrected chi connectivity index (χ1v) is 11.9. The number of hydrogen-bond donors (Lipinski definition) is 3. The Morgan fingerprint density at radius 2 is 1.97 bits per heavy atom. The number of nitrogens with one attached hydrogen (secondary N) is 3. The summed E-state index contributed by atoms with van der Waals surface area (Å²) in [5.41, 5.74) is 6.79. The average molecular weight is 468 g/mol. The molecule has 2 aromatic heterocycles. The van der Waals surface area contributed by atoms with Crippen molar-refractivity contribution in [3.63, 3.8) is 0 Å². The van der Waals surface area contributed by atoms with E-state index in [0.29, 0.717) is 23.2 Å². The van der Waals surface area contributed by atoms with Gasteiger partial charge in [-0.1, -0.05) is 32.0 Å². The molecule has 0 bridgehead atoms. The zero-order valence-corrected chi connectivity index (χ0v) is 20.0. The van der Waals surface area contributed by atoms with Gasteiger partial charge in [0.15, 0.2) is 0 Å². The third-order valence-corrected chi connectivity index (χ3v) is 5.92. The number of carbonyl (C=O) groups excluding carboxylic acids is 1. The van der Waals surface area contributed by atoms with Crippen LogP contribution in [0.2, 0.25) is 0 Å². The lowest BCUT2D eigenvalue weighted by Crippen LogP contribution is -2.23. The first-order chi connectivity index (χ1) is 17.1. The van der Waals surface area contributed by atoms with Crippen molar-refractivity contribution in [2.24, 2.45) is 5.92 Å². The summed E-state index contributed by atoms with van der Waals surface area (Å²) in [5, 5.41) is 14.7. The predicted molar refractivity (Wildman–Crippen MR) is 138 cm³/mol. The summed E-state index contributed by atoms with van der Waals surface area (Å²) in [6.45, 7) is 7.05. The van der Waals surface area contributed by atoms with E-state index in [1.165, 1.54) is 11.1 Å². The highest BCUT2D eigenvalue weighted by molar-refractivity contribution is 5.79. The molecule has 8 heteroatoms. The first kappa shape index (κ1) is 22.7. The van der Waals surface area contributed by atoms with Crippen LogP contribution in [0.4, 0.5) is 23.1 Å². The molecule has 3 heterocycles. The lowest BCUT2D eigenvalue weighted by molar-refractivity contribution is 0.112. The molecule has 1 aliphatic rings. The topological polar surface area (TPSA) is 96.8 Å². The molecule has 2 aromatic carbocycles. The molecule has 8 nitrogen and oxygen atoms in total. The molecule has 0 atom stereocenters. The molecule has 0 radical (unpaired) electrons. The Morgan fingerprint density at radius 3 is 2.83 bits per heavy atom. The van der Waals surface area contributed by atoms with E-state index < -0.39 is 0 Å². The monoisotopic (exact) mass is 467 g/mol. The van der Waals surface area contributed by atoms with Crippen molar-refractivity contribution >= 4 is 29.4 Å². The zero-order valence-electron chi connectivity index (χ0n) is 20.0. The summed E-state index contributed by atoms with van der Waals surface area (Å²) in [6, 6.07) is 13.7. The van der Waals surface area contributed by atoms with Gasteiger partial charge in [-0.05, 0) is 54.3 Å². The molecule has 3 N–H and O–H groups in total. The molecule has 4 aromatic rings. The van der Waals surface area contributed by atoms with Crippen LogP contribution in [-0.2, 0) is 19.5 Å². The quantitative estimate of drug-likeness (QED) is 0.316. The zero-order chi connectivity index (χ0) is 24.2. The molecule has 178 valence electrons. The minimum atomic E-state index is 0.438. The van der Waals surface area contributed by atoms with Crippen LogP contribution in [0, 0.1) is 5.92 Å². The number of carbonyl (C=O) groups is 1. The van der Waals surface area contributed by atoms with Gasteiger partial charge in [-0.3, -0.25) is 9.48 Å². The van der Waals surface area contributed by atoms with E-state index in [9.17, 15) is 4.79 Å². The second-order valence-electron chi connectivity index (χ2n) is 9.20. The van der Waals surface area contributed by atoms with Gasteiger partial charge in [-0.25, -0.2) is 4.98 Å². The van der Waals surface area contributed by atoms with E-state index in [4.69, 9.17) is 4.98 Å². The summed E-state index contributed by atoms with van der Waals surface area (Å²) in [4.78, 5) is 20.5. The Kier molecular flexibility index (Phi) is 6.54. The van der Waals surface area contributed by atoms with E-state index in [1.807, 2.05) is 29.2 Å². The fraction of sp³-hybridized carbons (Fsp3) is 0.259. The molecular weight excluding hydrogens is 438 g/mol. The molecule has 35 heavy (non-hydrogen) atoms. The van der Waals surface area contributed by atoms with Crippen molar-refractivity contribution in [1.29, 1.82) is 0 Å². The van der Waals surface area contributed by atoms with Crippen molar-refractivity contribution in [3.05, 3.63) is 77.7 Å². The maximum absolute atomic E-state index is 11.2. The van der Waals surface area contributed by atoms with Gasteiger partial charge in [0.1, 0.15) is 12.1 Å². The van der Waals surface area contributed by atoms with Crippen LogP contribution < -0.4 is 16.0 Å². The number of anilines is 4. The molecule has 1 aliphatic heterocycles. The molecule has 5 rings (SSSR count). The highest BCUT2D eigenvalue weighted by atomic mass is 16.1. The van der Waals surface area contributed by atoms with E-state index >= 15 is 0 Å². The van der Waals surface area contributed by atoms with E-state index in [0.717, 1.165) is 54.8 Å². The van der Waals surface area contributed by atoms with E-state index in [1.54, 1.807) is 18.3 Å². The first-order valence-electron chi connectivity index (χ1n) is 11.9. The van der Waals surface area contributed by atoms with Gasteiger partial charge in [0, 0.05) is 53.5 Å². The summed E-state index contributed by atoms with van der Waals surface area (Å²) in [7, 11) is 0. The maximum atomic E-state index is 11.2. The fourth-order valence-electron chi connectivity index (χ4n) is 4.24. The largest absolute Gasteiger partial charge is 0.340 e. The van der Waals surface area contributed by atoms with E-state index in [2.05, 4.69) is 58.1 Å². The Balaban J connectivity index is 1.49. The number of benzene rings is 2. The molecule has 0 spiro atoms. The van der Waals surface area contributed by atoms with Gasteiger partial charge in [0.25, 0.3) is 0 Å². The number of nitrogens with zero attached hydrogens (tertiary/aromatic N) is 4. The lowest BCUT2D eigenvalue weighted by Gasteiger charge is -2.19. The van der Waals surface area contributed by atoms with Crippen LogP contribution in [0.5, 0.6) is 0 Å². The highest BCUT2D eigenvalue weighted by Crippen LogP contribution is 2.31. The SMILES string of the molecule is CC(C)Cn1cc(-c2cnc(Nc3cccc(C=O)c3)nc2Nc2ccc3c(c2)CNCC3)cn1. The molecular formula is C27H29N7O. The summed E-state index contributed by atoms with van der Waals surface area (Å²) in [5.74, 6) is 1.62. The van der Waals surface area contributed by atoms with Gasteiger partial charge in [-0.15, -0.1) is 0 Å². The average Bonchev–Trinajstić information content (AvgIpc) is 3.31. The van der Waals surface area contributed by atoms with Gasteiger partial charge >= 0.3 is 0 Å². The summed E-state index contributed by atoms with van der Waals surface area (Å²) >= 11 is 0. The molecule has 0 amide bonds. The van der Waals surface area contributed by atoms with Crippen LogP contribution in [0.1, 0.15) is 35.3 Å². The number of aromatic nitrogens is 4. The van der Waals surface area contributed by atoms with Crippen molar-refractivity contribution in [3.8, 4) is 11.1 Å². The number of rotatable bonds is 8. The van der Waals surface area contributed by atoms with Crippen LogP contribution in [-0.4, -0.2) is 32.6 Å². The summed E-state index contributed by atoms with van der Waals surface area (Å²) in [6.07, 6.45) is 7.54. The Labute approximate surface area is 204 Å². The predicted octanol–water partition coefficient (Wildman–Crippen LogP) is 4.94. The van der Waals surface area contributed by atoms with Crippen LogP contribution >= 0.6 is 0 Å². The van der Waals surface area contributed by atoms with Crippen molar-refractivity contribution < 1.29 is 4.79 Å². The molecule has 0 aliphatic carbocycles.